The minimum atomic E-state index is -1.25. The molecule has 7 rings (SSSR count). The molecule has 3 spiro atoms. The summed E-state index contributed by atoms with van der Waals surface area (Å²) >= 11 is 0. The van der Waals surface area contributed by atoms with Crippen molar-refractivity contribution < 1.29 is 34.3 Å². The monoisotopic (exact) mass is 451 g/mol. The number of nitrogens with zero attached hydrogens (tertiary/aromatic N) is 1. The van der Waals surface area contributed by atoms with Gasteiger partial charge in [-0.3, -0.25) is 4.90 Å². The summed E-state index contributed by atoms with van der Waals surface area (Å²) in [4.78, 5) is 2.43. The Balaban J connectivity index is 1.60. The number of likely N-dealkylation sites (N-methyl/N-ethyl adjacent to an activating group) is 1. The van der Waals surface area contributed by atoms with E-state index in [2.05, 4.69) is 18.7 Å². The van der Waals surface area contributed by atoms with Crippen LogP contribution in [0.5, 0.6) is 0 Å². The normalized spacial score (nSPS) is 66.5. The van der Waals surface area contributed by atoms with Gasteiger partial charge in [-0.15, -0.1) is 0 Å². The Morgan fingerprint density at radius 2 is 1.88 bits per heavy atom. The molecule has 0 radical (unpaired) electrons. The molecule has 7 unspecified atom stereocenters. The number of ether oxygens (including phenoxy) is 4. The van der Waals surface area contributed by atoms with Crippen molar-refractivity contribution in [3.8, 4) is 0 Å². The van der Waals surface area contributed by atoms with E-state index in [0.717, 1.165) is 25.9 Å². The zero-order valence-corrected chi connectivity index (χ0v) is 19.5. The van der Waals surface area contributed by atoms with E-state index in [4.69, 9.17) is 18.9 Å². The molecule has 8 nitrogen and oxygen atoms in total. The van der Waals surface area contributed by atoms with Crippen LogP contribution in [0.1, 0.15) is 39.5 Å². The lowest BCUT2D eigenvalue weighted by molar-refractivity contribution is -0.331. The maximum absolute atomic E-state index is 13.0. The predicted molar refractivity (Wildman–Crippen MR) is 112 cm³/mol. The highest BCUT2D eigenvalue weighted by molar-refractivity contribution is 5.46. The molecule has 0 aromatic rings. The van der Waals surface area contributed by atoms with E-state index in [-0.39, 0.29) is 42.3 Å². The van der Waals surface area contributed by atoms with Crippen molar-refractivity contribution in [2.24, 2.45) is 28.6 Å². The van der Waals surface area contributed by atoms with Crippen molar-refractivity contribution in [3.05, 3.63) is 0 Å². The fourth-order valence-corrected chi connectivity index (χ4v) is 11.2. The van der Waals surface area contributed by atoms with E-state index in [9.17, 15) is 15.3 Å². The number of aliphatic hydroxyl groups is 3. The van der Waals surface area contributed by atoms with Crippen LogP contribution in [-0.4, -0.2) is 102 Å². The van der Waals surface area contributed by atoms with Crippen molar-refractivity contribution >= 4 is 0 Å². The van der Waals surface area contributed by atoms with Crippen LogP contribution in [0.3, 0.4) is 0 Å². The first-order valence-electron chi connectivity index (χ1n) is 12.4. The van der Waals surface area contributed by atoms with Crippen LogP contribution in [0.4, 0.5) is 0 Å². The molecule has 7 aliphatic rings. The van der Waals surface area contributed by atoms with Crippen molar-refractivity contribution in [2.75, 3.05) is 34.1 Å². The summed E-state index contributed by atoms with van der Waals surface area (Å²) in [6, 6.07) is -0.247. The molecule has 7 bridgehead atoms. The standard InChI is InChI=1S/C24H37NO7/c1-5-25-10-20(2)7-6-14(30-4)23-17(20)18(27)24(19(23)25)22(31-11-32-24)9-13(29-3)12-8-21(23,28)16(22)15(12)26/h12-19,26-28H,5-11H2,1-4H3/t12?,13?,14-,15?,16?,17?,18?,19?,20-,21-,22+,23+,24+/m1/s1. The van der Waals surface area contributed by atoms with Crippen LogP contribution in [-0.2, 0) is 18.9 Å². The van der Waals surface area contributed by atoms with Gasteiger partial charge in [-0.2, -0.15) is 0 Å². The Kier molecular flexibility index (Phi) is 3.87. The molecule has 2 saturated heterocycles. The minimum absolute atomic E-state index is 0.0582. The number of hydrogen-bond acceptors (Lipinski definition) is 8. The summed E-state index contributed by atoms with van der Waals surface area (Å²) in [5, 5.41) is 37.0. The SMILES string of the molecule is CCN1C[C@@]2(C)CC[C@@H](OC)[C@@]34C2C(O)[C@]2(OCO[C@]25CC(OC)C2C[C@@]3(O)C5C2O)C14. The number of likely N-dealkylation sites (tertiary alicyclic amines) is 1. The maximum Gasteiger partial charge on any atom is 0.148 e. The number of fused-ring (bicyclic) bond motifs is 1. The second kappa shape index (κ2) is 5.90. The van der Waals surface area contributed by atoms with Gasteiger partial charge in [0.2, 0.25) is 0 Å². The lowest BCUT2D eigenvalue weighted by Gasteiger charge is -2.71. The highest BCUT2D eigenvalue weighted by atomic mass is 16.7. The van der Waals surface area contributed by atoms with Gasteiger partial charge in [-0.25, -0.2) is 0 Å². The van der Waals surface area contributed by atoms with E-state index < -0.39 is 40.3 Å². The van der Waals surface area contributed by atoms with E-state index in [0.29, 0.717) is 12.8 Å². The molecule has 0 amide bonds. The highest BCUT2D eigenvalue weighted by Crippen LogP contribution is 2.83. The molecule has 5 aliphatic carbocycles. The first-order chi connectivity index (χ1) is 15.2. The zero-order chi connectivity index (χ0) is 22.5. The van der Waals surface area contributed by atoms with Gasteiger partial charge >= 0.3 is 0 Å². The van der Waals surface area contributed by atoms with Crippen LogP contribution in [0, 0.1) is 28.6 Å². The molecule has 2 aliphatic heterocycles. The van der Waals surface area contributed by atoms with Gasteiger partial charge in [-0.05, 0) is 31.2 Å². The second-order valence-electron chi connectivity index (χ2n) is 12.1. The van der Waals surface area contributed by atoms with E-state index in [1.54, 1.807) is 14.2 Å². The Morgan fingerprint density at radius 1 is 1.09 bits per heavy atom. The fraction of sp³-hybridized carbons (Fsp3) is 1.00. The summed E-state index contributed by atoms with van der Waals surface area (Å²) in [6.45, 7) is 6.13. The number of aliphatic hydroxyl groups excluding tert-OH is 2. The minimum Gasteiger partial charge on any atom is -0.392 e. The van der Waals surface area contributed by atoms with Gasteiger partial charge < -0.3 is 34.3 Å². The lowest BCUT2D eigenvalue weighted by Crippen LogP contribution is -2.85. The molecular formula is C24H37NO7. The average Bonchev–Trinajstić information content (AvgIpc) is 3.29. The van der Waals surface area contributed by atoms with Crippen LogP contribution < -0.4 is 0 Å². The number of hydrogen-bond donors (Lipinski definition) is 3. The van der Waals surface area contributed by atoms with Gasteiger partial charge in [0.15, 0.2) is 0 Å². The molecule has 2 heterocycles. The summed E-state index contributed by atoms with van der Waals surface area (Å²) in [5.74, 6) is -0.904. The van der Waals surface area contributed by atoms with E-state index in [1.165, 1.54) is 0 Å². The third-order valence-corrected chi connectivity index (χ3v) is 11.7. The summed E-state index contributed by atoms with van der Waals surface area (Å²) in [7, 11) is 3.40. The quantitative estimate of drug-likeness (QED) is 0.557. The first kappa shape index (κ1) is 21.0. The van der Waals surface area contributed by atoms with Crippen molar-refractivity contribution in [2.45, 2.75) is 86.8 Å². The smallest absolute Gasteiger partial charge is 0.148 e. The third-order valence-electron chi connectivity index (χ3n) is 11.7. The van der Waals surface area contributed by atoms with Gasteiger partial charge in [0, 0.05) is 44.9 Å². The Bertz CT molecular complexity index is 858. The van der Waals surface area contributed by atoms with Gasteiger partial charge in [0.25, 0.3) is 0 Å². The molecule has 5 saturated carbocycles. The third kappa shape index (κ3) is 1.68. The topological polar surface area (TPSA) is 101 Å². The van der Waals surface area contributed by atoms with Crippen LogP contribution in [0.15, 0.2) is 0 Å². The molecule has 3 N–H and O–H groups in total. The Hall–Kier alpha value is -0.320. The zero-order valence-electron chi connectivity index (χ0n) is 19.5. The molecule has 8 heteroatoms. The number of rotatable bonds is 3. The predicted octanol–water partition coefficient (Wildman–Crippen LogP) is 0.125. The molecular weight excluding hydrogens is 414 g/mol. The molecule has 0 aromatic carbocycles. The summed E-state index contributed by atoms with van der Waals surface area (Å²) < 4.78 is 25.2. The Labute approximate surface area is 189 Å². The molecule has 180 valence electrons. The number of piperidine rings is 1. The van der Waals surface area contributed by atoms with Crippen LogP contribution >= 0.6 is 0 Å². The van der Waals surface area contributed by atoms with Gasteiger partial charge in [-0.1, -0.05) is 13.8 Å². The first-order valence-corrected chi connectivity index (χ1v) is 12.4. The van der Waals surface area contributed by atoms with Gasteiger partial charge in [0.05, 0.1) is 41.5 Å². The lowest BCUT2D eigenvalue weighted by atomic mass is 9.41. The summed E-state index contributed by atoms with van der Waals surface area (Å²) in [6.07, 6.45) is 0.630. The second-order valence-corrected chi connectivity index (χ2v) is 12.1. The van der Waals surface area contributed by atoms with Crippen molar-refractivity contribution in [3.63, 3.8) is 0 Å². The molecule has 0 aromatic heterocycles. The molecule has 7 fully saturated rings. The van der Waals surface area contributed by atoms with Crippen LogP contribution in [0.25, 0.3) is 0 Å². The summed E-state index contributed by atoms with van der Waals surface area (Å²) in [5.41, 5.74) is -4.21. The highest BCUT2D eigenvalue weighted by Gasteiger charge is 2.96. The van der Waals surface area contributed by atoms with E-state index >= 15 is 0 Å². The maximum atomic E-state index is 13.0. The average molecular weight is 452 g/mol. The largest absolute Gasteiger partial charge is 0.392 e. The molecule has 13 atom stereocenters. The fourth-order valence-electron chi connectivity index (χ4n) is 11.2. The number of methoxy groups -OCH3 is 2. The van der Waals surface area contributed by atoms with Crippen LogP contribution in [0.2, 0.25) is 0 Å². The van der Waals surface area contributed by atoms with E-state index in [1.807, 2.05) is 0 Å². The van der Waals surface area contributed by atoms with Crippen molar-refractivity contribution in [1.29, 1.82) is 0 Å². The molecule has 32 heavy (non-hydrogen) atoms. The van der Waals surface area contributed by atoms with Gasteiger partial charge in [0.1, 0.15) is 18.0 Å². The van der Waals surface area contributed by atoms with Crippen molar-refractivity contribution in [1.82, 2.24) is 4.90 Å². The Morgan fingerprint density at radius 3 is 2.56 bits per heavy atom.